The largest absolute Gasteiger partial charge is 0.459 e. The fourth-order valence-electron chi connectivity index (χ4n) is 5.40. The molecule has 4 aromatic rings. The van der Waals surface area contributed by atoms with Gasteiger partial charge in [0.1, 0.15) is 11.0 Å². The molecule has 0 aliphatic carbocycles. The minimum absolute atomic E-state index is 0.186. The molecule has 4 nitrogen and oxygen atoms in total. The Morgan fingerprint density at radius 3 is 2.34 bits per heavy atom. The number of piperidine rings is 1. The summed E-state index contributed by atoms with van der Waals surface area (Å²) in [4.78, 5) is 15.7. The number of likely N-dealkylation sites (tertiary alicyclic amines) is 1. The highest BCUT2D eigenvalue weighted by Crippen LogP contribution is 2.39. The summed E-state index contributed by atoms with van der Waals surface area (Å²) in [6, 6.07) is 25.3. The van der Waals surface area contributed by atoms with E-state index >= 15 is 0 Å². The number of nitrogens with one attached hydrogen (secondary N) is 2. The van der Waals surface area contributed by atoms with Gasteiger partial charge in [0.05, 0.1) is 24.9 Å². The average Bonchev–Trinajstić information content (AvgIpc) is 3.52. The van der Waals surface area contributed by atoms with E-state index in [1.165, 1.54) is 46.2 Å². The Bertz CT molecular complexity index is 1240. The third-order valence-electron chi connectivity index (χ3n) is 7.35. The third-order valence-corrected chi connectivity index (χ3v) is 8.49. The molecule has 5 rings (SSSR count). The Hall–Kier alpha value is -3.15. The van der Waals surface area contributed by atoms with Crippen LogP contribution in [0.25, 0.3) is 0 Å². The maximum Gasteiger partial charge on any atom is 0.291 e. The van der Waals surface area contributed by atoms with Crippen molar-refractivity contribution in [2.75, 3.05) is 18.4 Å². The highest BCUT2D eigenvalue weighted by Gasteiger charge is 2.35. The van der Waals surface area contributed by atoms with Crippen molar-refractivity contribution < 1.29 is 14.1 Å². The topological polar surface area (TPSA) is 46.7 Å². The second kappa shape index (κ2) is 10.6. The van der Waals surface area contributed by atoms with Crippen LogP contribution in [0, 0.1) is 19.8 Å². The van der Waals surface area contributed by atoms with Crippen LogP contribution in [0.3, 0.4) is 0 Å². The molecule has 1 aliphatic heterocycles. The van der Waals surface area contributed by atoms with Crippen LogP contribution in [0.1, 0.15) is 56.6 Å². The van der Waals surface area contributed by atoms with Gasteiger partial charge >= 0.3 is 0 Å². The molecule has 35 heavy (non-hydrogen) atoms. The number of furan rings is 1. The number of carbonyl (C=O) groups excluding carboxylic acids is 1. The first-order valence-electron chi connectivity index (χ1n) is 12.5. The van der Waals surface area contributed by atoms with Gasteiger partial charge in [0.25, 0.3) is 5.91 Å². The molecule has 180 valence electrons. The molecule has 0 saturated carbocycles. The lowest BCUT2D eigenvalue weighted by Gasteiger charge is -2.35. The fraction of sp³-hybridized carbons (Fsp3) is 0.300. The van der Waals surface area contributed by atoms with E-state index in [0.717, 1.165) is 30.4 Å². The molecule has 2 aromatic carbocycles. The number of amides is 1. The number of anilines is 1. The average molecular weight is 486 g/mol. The molecule has 0 spiro atoms. The van der Waals surface area contributed by atoms with Gasteiger partial charge in [0.15, 0.2) is 5.76 Å². The SMILES string of the molecule is Cc1sc(NC(=O)c2ccco2)c(C(c2ccccc2)[NH+]2CCC(Cc3ccccc3)CC2)c1C. The van der Waals surface area contributed by atoms with Gasteiger partial charge < -0.3 is 14.6 Å². The molecule has 1 aliphatic rings. The Labute approximate surface area is 211 Å². The molecule has 0 radical (unpaired) electrons. The summed E-state index contributed by atoms with van der Waals surface area (Å²) in [5.74, 6) is 0.867. The summed E-state index contributed by atoms with van der Waals surface area (Å²) >= 11 is 1.67. The number of carbonyl (C=O) groups is 1. The first kappa shape index (κ1) is 23.6. The minimum Gasteiger partial charge on any atom is -0.459 e. The molecule has 0 bridgehead atoms. The van der Waals surface area contributed by atoms with Gasteiger partial charge in [-0.25, -0.2) is 0 Å². The Balaban J connectivity index is 1.42. The minimum atomic E-state index is -0.194. The van der Waals surface area contributed by atoms with Crippen molar-refractivity contribution >= 4 is 22.2 Å². The molecular formula is C30H33N2O2S+. The molecular weight excluding hydrogens is 452 g/mol. The quantitative estimate of drug-likeness (QED) is 0.346. The smallest absolute Gasteiger partial charge is 0.291 e. The first-order valence-corrected chi connectivity index (χ1v) is 13.3. The van der Waals surface area contributed by atoms with E-state index in [1.54, 1.807) is 28.4 Å². The van der Waals surface area contributed by atoms with Gasteiger partial charge in [0, 0.05) is 10.4 Å². The van der Waals surface area contributed by atoms with Crippen molar-refractivity contribution in [3.63, 3.8) is 0 Å². The molecule has 3 heterocycles. The summed E-state index contributed by atoms with van der Waals surface area (Å²) in [5.41, 5.74) is 5.26. The molecule has 1 saturated heterocycles. The molecule has 1 amide bonds. The van der Waals surface area contributed by atoms with Gasteiger partial charge in [-0.3, -0.25) is 4.79 Å². The Morgan fingerprint density at radius 1 is 1.00 bits per heavy atom. The van der Waals surface area contributed by atoms with Crippen molar-refractivity contribution in [2.45, 2.75) is 39.2 Å². The van der Waals surface area contributed by atoms with Crippen LogP contribution in [0.5, 0.6) is 0 Å². The van der Waals surface area contributed by atoms with Gasteiger partial charge in [-0.1, -0.05) is 60.7 Å². The van der Waals surface area contributed by atoms with E-state index in [1.807, 2.05) is 0 Å². The number of thiophene rings is 1. The maximum atomic E-state index is 12.9. The lowest BCUT2D eigenvalue weighted by Crippen LogP contribution is -3.13. The lowest BCUT2D eigenvalue weighted by molar-refractivity contribution is -0.931. The maximum absolute atomic E-state index is 12.9. The van der Waals surface area contributed by atoms with Crippen molar-refractivity contribution in [3.8, 4) is 0 Å². The summed E-state index contributed by atoms with van der Waals surface area (Å²) in [6.45, 7) is 6.59. The number of hydrogen-bond acceptors (Lipinski definition) is 3. The van der Waals surface area contributed by atoms with Crippen molar-refractivity contribution in [1.29, 1.82) is 0 Å². The van der Waals surface area contributed by atoms with E-state index in [9.17, 15) is 4.79 Å². The zero-order valence-electron chi connectivity index (χ0n) is 20.4. The summed E-state index contributed by atoms with van der Waals surface area (Å²) in [5, 5.41) is 4.12. The molecule has 1 atom stereocenters. The van der Waals surface area contributed by atoms with Gasteiger partial charge in [-0.05, 0) is 62.3 Å². The fourth-order valence-corrected chi connectivity index (χ4v) is 6.49. The van der Waals surface area contributed by atoms with Crippen LogP contribution < -0.4 is 10.2 Å². The van der Waals surface area contributed by atoms with Crippen LogP contribution in [-0.4, -0.2) is 19.0 Å². The van der Waals surface area contributed by atoms with Crippen LogP contribution >= 0.6 is 11.3 Å². The molecule has 2 N–H and O–H groups in total. The number of rotatable bonds is 7. The van der Waals surface area contributed by atoms with E-state index < -0.39 is 0 Å². The van der Waals surface area contributed by atoms with Crippen LogP contribution in [0.4, 0.5) is 5.00 Å². The molecule has 5 heteroatoms. The monoisotopic (exact) mass is 485 g/mol. The van der Waals surface area contributed by atoms with Gasteiger partial charge in [-0.2, -0.15) is 0 Å². The Kier molecular flexibility index (Phi) is 7.16. The summed E-state index contributed by atoms with van der Waals surface area (Å²) in [6.07, 6.45) is 5.12. The van der Waals surface area contributed by atoms with E-state index in [-0.39, 0.29) is 11.9 Å². The van der Waals surface area contributed by atoms with E-state index in [2.05, 4.69) is 79.8 Å². The Morgan fingerprint density at radius 2 is 1.69 bits per heavy atom. The van der Waals surface area contributed by atoms with Gasteiger partial charge in [-0.15, -0.1) is 11.3 Å². The lowest BCUT2D eigenvalue weighted by atomic mass is 9.87. The van der Waals surface area contributed by atoms with Crippen LogP contribution in [-0.2, 0) is 6.42 Å². The zero-order valence-corrected chi connectivity index (χ0v) is 21.2. The predicted molar refractivity (Wildman–Crippen MR) is 142 cm³/mol. The van der Waals surface area contributed by atoms with Crippen molar-refractivity contribution in [2.24, 2.45) is 5.92 Å². The zero-order chi connectivity index (χ0) is 24.2. The second-order valence-electron chi connectivity index (χ2n) is 9.59. The second-order valence-corrected chi connectivity index (χ2v) is 10.8. The predicted octanol–water partition coefficient (Wildman–Crippen LogP) is 5.84. The highest BCUT2D eigenvalue weighted by atomic mass is 32.1. The number of hydrogen-bond donors (Lipinski definition) is 2. The first-order chi connectivity index (χ1) is 17.1. The van der Waals surface area contributed by atoms with Crippen molar-refractivity contribution in [3.05, 3.63) is 112 Å². The highest BCUT2D eigenvalue weighted by molar-refractivity contribution is 7.16. The van der Waals surface area contributed by atoms with Crippen LogP contribution in [0.15, 0.2) is 83.5 Å². The number of aryl methyl sites for hydroxylation is 1. The van der Waals surface area contributed by atoms with E-state index in [4.69, 9.17) is 4.42 Å². The standard InChI is InChI=1S/C30H32N2O2S/c1-21-22(2)35-30(31-29(33)26-14-9-19-34-26)27(21)28(25-12-7-4-8-13-25)32-17-15-24(16-18-32)20-23-10-5-3-6-11-23/h3-14,19,24,28H,15-18,20H2,1-2H3,(H,31,33)/p+1. The van der Waals surface area contributed by atoms with Crippen molar-refractivity contribution in [1.82, 2.24) is 0 Å². The molecule has 2 aromatic heterocycles. The summed E-state index contributed by atoms with van der Waals surface area (Å²) < 4.78 is 5.35. The molecule has 1 fully saturated rings. The van der Waals surface area contributed by atoms with E-state index in [0.29, 0.717) is 5.76 Å². The van der Waals surface area contributed by atoms with Crippen LogP contribution in [0.2, 0.25) is 0 Å². The third kappa shape index (κ3) is 5.26. The molecule has 1 unspecified atom stereocenters. The normalized spacial score (nSPS) is 18.8. The summed E-state index contributed by atoms with van der Waals surface area (Å²) in [7, 11) is 0. The number of quaternary nitrogens is 1. The number of benzene rings is 2. The van der Waals surface area contributed by atoms with Gasteiger partial charge in [0.2, 0.25) is 0 Å².